The van der Waals surface area contributed by atoms with E-state index in [1.54, 1.807) is 35.2 Å². The average Bonchev–Trinajstić information content (AvgIpc) is 3.54. The number of carbonyl (C=O) groups excluding carboxylic acids is 1. The molecular weight excluding hydrogens is 624 g/mol. The van der Waals surface area contributed by atoms with Crippen molar-refractivity contribution in [3.63, 3.8) is 0 Å². The van der Waals surface area contributed by atoms with Gasteiger partial charge in [0.1, 0.15) is 22.9 Å². The number of rotatable bonds is 6. The normalized spacial score (nSPS) is 24.7. The predicted octanol–water partition coefficient (Wildman–Crippen LogP) is 5.36. The second-order valence-electron chi connectivity index (χ2n) is 11.1. The van der Waals surface area contributed by atoms with Crippen molar-refractivity contribution in [2.75, 3.05) is 18.1 Å². The number of benzene rings is 3. The SMILES string of the molecule is O=C(C1CCS(=O)(=O)C1)N1CC[C@@]2(S(=O)(=O)c3ccc(F)cc3)c3ccc(OCc4cc(Cl)ccc4Cl)cc3CC[C@@H]12. The number of sulfone groups is 2. The van der Waals surface area contributed by atoms with Crippen LogP contribution in [0.15, 0.2) is 65.6 Å². The number of hydrogen-bond acceptors (Lipinski definition) is 6. The lowest BCUT2D eigenvalue weighted by molar-refractivity contribution is -0.136. The van der Waals surface area contributed by atoms with Crippen molar-refractivity contribution in [2.45, 2.75) is 48.0 Å². The number of ether oxygens (including phenoxy) is 1. The van der Waals surface area contributed by atoms with Gasteiger partial charge in [-0.25, -0.2) is 21.2 Å². The first kappa shape index (κ1) is 29.4. The summed E-state index contributed by atoms with van der Waals surface area (Å²) in [5.41, 5.74) is 2.06. The van der Waals surface area contributed by atoms with E-state index in [1.807, 2.05) is 6.07 Å². The van der Waals surface area contributed by atoms with Crippen LogP contribution >= 0.6 is 23.2 Å². The van der Waals surface area contributed by atoms with Crippen LogP contribution in [0.1, 0.15) is 36.0 Å². The number of halogens is 3. The minimum Gasteiger partial charge on any atom is -0.489 e. The summed E-state index contributed by atoms with van der Waals surface area (Å²) in [6, 6.07) is 14.4. The summed E-state index contributed by atoms with van der Waals surface area (Å²) in [6.07, 6.45) is 1.22. The van der Waals surface area contributed by atoms with Crippen LogP contribution in [-0.4, -0.2) is 51.7 Å². The summed E-state index contributed by atoms with van der Waals surface area (Å²) in [7, 11) is -7.44. The lowest BCUT2D eigenvalue weighted by Gasteiger charge is -2.43. The van der Waals surface area contributed by atoms with Gasteiger partial charge in [-0.3, -0.25) is 4.79 Å². The standard InChI is InChI=1S/C30H28Cl2FNO6S2/c31-22-2-9-27(32)21(15-22)17-40-24-5-8-26-19(16-24)1-10-28-30(26,42(38,39)25-6-3-23(33)4-7-25)12-13-34(28)29(35)20-11-14-41(36,37)18-20/h2-9,15-16,20,28H,1,10-14,17-18H2/t20?,28-,30-/m1/s1. The molecule has 2 saturated heterocycles. The molecule has 0 bridgehead atoms. The van der Waals surface area contributed by atoms with E-state index in [4.69, 9.17) is 27.9 Å². The molecule has 3 aromatic rings. The highest BCUT2D eigenvalue weighted by Crippen LogP contribution is 2.53. The van der Waals surface area contributed by atoms with Crippen LogP contribution in [0.5, 0.6) is 5.75 Å². The first-order valence-electron chi connectivity index (χ1n) is 13.6. The molecule has 222 valence electrons. The number of amides is 1. The smallest absolute Gasteiger partial charge is 0.227 e. The Morgan fingerprint density at radius 1 is 1.05 bits per heavy atom. The highest BCUT2D eigenvalue weighted by Gasteiger charge is 2.61. The molecule has 42 heavy (non-hydrogen) atoms. The van der Waals surface area contributed by atoms with Crippen LogP contribution in [0.25, 0.3) is 0 Å². The molecule has 12 heteroatoms. The van der Waals surface area contributed by atoms with E-state index in [-0.39, 0.29) is 48.3 Å². The lowest BCUT2D eigenvalue weighted by Crippen LogP contribution is -2.53. The summed E-state index contributed by atoms with van der Waals surface area (Å²) < 4.78 is 71.6. The van der Waals surface area contributed by atoms with E-state index >= 15 is 0 Å². The summed E-state index contributed by atoms with van der Waals surface area (Å²) in [5.74, 6) is -1.30. The van der Waals surface area contributed by atoms with Crippen LogP contribution in [0.2, 0.25) is 10.0 Å². The summed E-state index contributed by atoms with van der Waals surface area (Å²) >= 11 is 12.4. The van der Waals surface area contributed by atoms with Crippen molar-refractivity contribution >= 4 is 48.8 Å². The molecule has 0 aromatic heterocycles. The molecule has 3 aromatic carbocycles. The lowest BCUT2D eigenvalue weighted by atomic mass is 9.78. The number of carbonyl (C=O) groups is 1. The van der Waals surface area contributed by atoms with E-state index < -0.39 is 42.2 Å². The zero-order valence-electron chi connectivity index (χ0n) is 22.4. The molecule has 3 aliphatic rings. The van der Waals surface area contributed by atoms with Crippen molar-refractivity contribution in [2.24, 2.45) is 5.92 Å². The monoisotopic (exact) mass is 651 g/mol. The van der Waals surface area contributed by atoms with Gasteiger partial charge in [0.05, 0.1) is 28.4 Å². The molecule has 0 N–H and O–H groups in total. The van der Waals surface area contributed by atoms with Crippen molar-refractivity contribution < 1.29 is 30.8 Å². The third-order valence-electron chi connectivity index (χ3n) is 8.73. The highest BCUT2D eigenvalue weighted by atomic mass is 35.5. The Morgan fingerprint density at radius 2 is 1.81 bits per heavy atom. The van der Waals surface area contributed by atoms with Crippen molar-refractivity contribution in [3.05, 3.63) is 93.2 Å². The van der Waals surface area contributed by atoms with Gasteiger partial charge in [0.25, 0.3) is 0 Å². The molecule has 2 fully saturated rings. The Kier molecular flexibility index (Phi) is 7.57. The Balaban J connectivity index is 1.39. The van der Waals surface area contributed by atoms with E-state index in [2.05, 4.69) is 0 Å². The Labute approximate surface area is 254 Å². The van der Waals surface area contributed by atoms with E-state index in [1.165, 1.54) is 12.1 Å². The molecule has 0 spiro atoms. The van der Waals surface area contributed by atoms with Crippen LogP contribution < -0.4 is 4.74 Å². The van der Waals surface area contributed by atoms with Gasteiger partial charge in [-0.2, -0.15) is 0 Å². The van der Waals surface area contributed by atoms with Crippen LogP contribution in [0.3, 0.4) is 0 Å². The molecule has 0 radical (unpaired) electrons. The Hall–Kier alpha value is -2.66. The van der Waals surface area contributed by atoms with Crippen molar-refractivity contribution in [1.29, 1.82) is 0 Å². The fourth-order valence-electron chi connectivity index (χ4n) is 6.72. The first-order chi connectivity index (χ1) is 19.9. The molecule has 0 saturated carbocycles. The minimum atomic E-state index is -4.13. The largest absolute Gasteiger partial charge is 0.489 e. The fourth-order valence-corrected chi connectivity index (χ4v) is 11.2. The van der Waals surface area contributed by atoms with Gasteiger partial charge < -0.3 is 9.64 Å². The number of nitrogens with zero attached hydrogens (tertiary/aromatic N) is 1. The van der Waals surface area contributed by atoms with E-state index in [0.29, 0.717) is 39.8 Å². The van der Waals surface area contributed by atoms with E-state index in [0.717, 1.165) is 17.7 Å². The third-order valence-corrected chi connectivity index (χ3v) is 13.6. The quantitative estimate of drug-likeness (QED) is 0.333. The predicted molar refractivity (Wildman–Crippen MR) is 158 cm³/mol. The average molecular weight is 653 g/mol. The molecule has 1 unspecified atom stereocenters. The van der Waals surface area contributed by atoms with Crippen molar-refractivity contribution in [1.82, 2.24) is 4.90 Å². The maximum atomic E-state index is 14.5. The number of aryl methyl sites for hydroxylation is 1. The maximum absolute atomic E-state index is 14.5. The van der Waals surface area contributed by atoms with E-state index in [9.17, 15) is 26.0 Å². The van der Waals surface area contributed by atoms with Gasteiger partial charge >= 0.3 is 0 Å². The second-order valence-corrected chi connectivity index (χ2v) is 16.4. The number of fused-ring (bicyclic) bond motifs is 3. The number of hydrogen-bond donors (Lipinski definition) is 0. The van der Waals surface area contributed by atoms with Gasteiger partial charge in [0, 0.05) is 22.2 Å². The Morgan fingerprint density at radius 3 is 2.52 bits per heavy atom. The van der Waals surface area contributed by atoms with Crippen LogP contribution in [0.4, 0.5) is 4.39 Å². The maximum Gasteiger partial charge on any atom is 0.227 e. The summed E-state index contributed by atoms with van der Waals surface area (Å²) in [6.45, 7) is 0.331. The summed E-state index contributed by atoms with van der Waals surface area (Å²) in [5, 5.41) is 1.04. The Bertz CT molecular complexity index is 1780. The van der Waals surface area contributed by atoms with Gasteiger partial charge in [-0.1, -0.05) is 29.3 Å². The van der Waals surface area contributed by atoms with Gasteiger partial charge in [0.2, 0.25) is 5.91 Å². The third kappa shape index (κ3) is 5.00. The number of likely N-dealkylation sites (tertiary alicyclic amines) is 1. The van der Waals surface area contributed by atoms with Gasteiger partial charge in [0.15, 0.2) is 19.7 Å². The van der Waals surface area contributed by atoms with Crippen LogP contribution in [0, 0.1) is 11.7 Å². The molecule has 1 aliphatic carbocycles. The fraction of sp³-hybridized carbons (Fsp3) is 0.367. The molecule has 6 rings (SSSR count). The van der Waals surface area contributed by atoms with Crippen molar-refractivity contribution in [3.8, 4) is 5.75 Å². The highest BCUT2D eigenvalue weighted by molar-refractivity contribution is 7.92. The molecule has 1 amide bonds. The molecular formula is C30H28Cl2FNO6S2. The molecule has 3 atom stereocenters. The van der Waals surface area contributed by atoms with Gasteiger partial charge in [-0.05, 0) is 91.4 Å². The van der Waals surface area contributed by atoms with Crippen LogP contribution in [-0.2, 0) is 42.2 Å². The molecule has 2 heterocycles. The molecule has 2 aliphatic heterocycles. The zero-order valence-corrected chi connectivity index (χ0v) is 25.6. The summed E-state index contributed by atoms with van der Waals surface area (Å²) in [4.78, 5) is 15.2. The first-order valence-corrected chi connectivity index (χ1v) is 17.7. The second kappa shape index (κ2) is 10.8. The zero-order chi connectivity index (χ0) is 29.9. The molecule has 7 nitrogen and oxygen atoms in total. The minimum absolute atomic E-state index is 0.0320. The van der Waals surface area contributed by atoms with Gasteiger partial charge in [-0.15, -0.1) is 0 Å². The topological polar surface area (TPSA) is 97.8 Å².